The maximum atomic E-state index is 11.9. The first kappa shape index (κ1) is 13.4. The number of rotatable bonds is 4. The minimum atomic E-state index is -3.58. The summed E-state index contributed by atoms with van der Waals surface area (Å²) in [5, 5.41) is 0.697. The van der Waals surface area contributed by atoms with Crippen LogP contribution in [0.4, 0.5) is 0 Å². The number of furan rings is 1. The van der Waals surface area contributed by atoms with Gasteiger partial charge in [-0.3, -0.25) is 0 Å². The summed E-state index contributed by atoms with van der Waals surface area (Å²) in [5.74, 6) is 0.442. The fourth-order valence-corrected chi connectivity index (χ4v) is 2.59. The van der Waals surface area contributed by atoms with Crippen molar-refractivity contribution >= 4 is 33.2 Å². The molecule has 96 valence electrons. The molecule has 0 aliphatic rings. The highest BCUT2D eigenvalue weighted by molar-refractivity contribution is 7.89. The third kappa shape index (κ3) is 3.26. The third-order valence-electron chi connectivity index (χ3n) is 2.19. The average molecular weight is 306 g/mol. The molecular weight excluding hydrogens is 297 g/mol. The minimum absolute atomic E-state index is 0.0394. The second kappa shape index (κ2) is 5.32. The van der Waals surface area contributed by atoms with Gasteiger partial charge < -0.3 is 4.42 Å². The molecule has 0 amide bonds. The van der Waals surface area contributed by atoms with Crippen LogP contribution in [0.2, 0.25) is 10.2 Å². The molecule has 0 saturated carbocycles. The van der Waals surface area contributed by atoms with Crippen molar-refractivity contribution in [1.82, 2.24) is 4.72 Å². The highest BCUT2D eigenvalue weighted by atomic mass is 35.5. The van der Waals surface area contributed by atoms with Crippen molar-refractivity contribution in [3.05, 3.63) is 52.4 Å². The molecule has 0 fully saturated rings. The molecule has 0 radical (unpaired) electrons. The summed E-state index contributed by atoms with van der Waals surface area (Å²) in [5.41, 5.74) is 0. The molecule has 1 heterocycles. The van der Waals surface area contributed by atoms with Crippen molar-refractivity contribution in [1.29, 1.82) is 0 Å². The highest BCUT2D eigenvalue weighted by Crippen LogP contribution is 2.16. The Bertz CT molecular complexity index is 635. The fraction of sp³-hybridized carbons (Fsp3) is 0.0909. The zero-order chi connectivity index (χ0) is 13.2. The quantitative estimate of drug-likeness (QED) is 0.944. The van der Waals surface area contributed by atoms with Crippen molar-refractivity contribution in [2.24, 2.45) is 0 Å². The van der Waals surface area contributed by atoms with Gasteiger partial charge in [0.1, 0.15) is 5.76 Å². The van der Waals surface area contributed by atoms with E-state index < -0.39 is 10.0 Å². The Labute approximate surface area is 115 Å². The molecule has 2 rings (SSSR count). The molecule has 4 nitrogen and oxygen atoms in total. The van der Waals surface area contributed by atoms with Crippen LogP contribution in [-0.2, 0) is 16.6 Å². The number of hydrogen-bond donors (Lipinski definition) is 1. The molecule has 0 unspecified atom stereocenters. The third-order valence-corrected chi connectivity index (χ3v) is 4.06. The molecule has 1 N–H and O–H groups in total. The summed E-state index contributed by atoms with van der Waals surface area (Å²) in [6.45, 7) is 0.0394. The second-order valence-electron chi connectivity index (χ2n) is 3.48. The number of halogens is 2. The first-order valence-electron chi connectivity index (χ1n) is 4.97. The Balaban J connectivity index is 2.10. The van der Waals surface area contributed by atoms with Crippen molar-refractivity contribution in [3.63, 3.8) is 0 Å². The molecule has 0 bridgehead atoms. The van der Waals surface area contributed by atoms with Gasteiger partial charge in [-0.15, -0.1) is 0 Å². The topological polar surface area (TPSA) is 59.3 Å². The van der Waals surface area contributed by atoms with Crippen LogP contribution in [-0.4, -0.2) is 8.42 Å². The molecular formula is C11H9Cl2NO3S. The van der Waals surface area contributed by atoms with E-state index in [0.29, 0.717) is 10.8 Å². The first-order chi connectivity index (χ1) is 8.47. The Morgan fingerprint density at radius 3 is 2.28 bits per heavy atom. The Morgan fingerprint density at radius 1 is 1.06 bits per heavy atom. The summed E-state index contributed by atoms with van der Waals surface area (Å²) in [6, 6.07) is 9.04. The number of benzene rings is 1. The largest absolute Gasteiger partial charge is 0.448 e. The van der Waals surface area contributed by atoms with E-state index in [1.165, 1.54) is 24.3 Å². The lowest BCUT2D eigenvalue weighted by Crippen LogP contribution is -2.22. The van der Waals surface area contributed by atoms with E-state index in [1.54, 1.807) is 12.1 Å². The number of nitrogens with one attached hydrogen (secondary N) is 1. The van der Waals surface area contributed by atoms with Crippen LogP contribution in [0.25, 0.3) is 0 Å². The SMILES string of the molecule is O=S(=O)(NCc1ccc(Cl)o1)c1ccc(Cl)cc1. The molecule has 0 atom stereocenters. The lowest BCUT2D eigenvalue weighted by Gasteiger charge is -2.05. The second-order valence-corrected chi connectivity index (χ2v) is 6.06. The van der Waals surface area contributed by atoms with E-state index in [2.05, 4.69) is 4.72 Å². The van der Waals surface area contributed by atoms with Gasteiger partial charge in [-0.05, 0) is 48.0 Å². The van der Waals surface area contributed by atoms with Crippen LogP contribution in [0.5, 0.6) is 0 Å². The molecule has 0 saturated heterocycles. The van der Waals surface area contributed by atoms with E-state index in [-0.39, 0.29) is 16.7 Å². The van der Waals surface area contributed by atoms with Crippen molar-refractivity contribution in [2.45, 2.75) is 11.4 Å². The zero-order valence-electron chi connectivity index (χ0n) is 9.06. The molecule has 0 aliphatic heterocycles. The molecule has 18 heavy (non-hydrogen) atoms. The normalized spacial score (nSPS) is 11.7. The van der Waals surface area contributed by atoms with Crippen molar-refractivity contribution < 1.29 is 12.8 Å². The standard InChI is InChI=1S/C11H9Cl2NO3S/c12-8-1-4-10(5-2-8)18(15,16)14-7-9-3-6-11(13)17-9/h1-6,14H,7H2. The van der Waals surface area contributed by atoms with Gasteiger partial charge in [-0.1, -0.05) is 11.6 Å². The zero-order valence-corrected chi connectivity index (χ0v) is 11.4. The van der Waals surface area contributed by atoms with E-state index >= 15 is 0 Å². The maximum Gasteiger partial charge on any atom is 0.240 e. The van der Waals surface area contributed by atoms with Crippen molar-refractivity contribution in [2.75, 3.05) is 0 Å². The number of hydrogen-bond acceptors (Lipinski definition) is 3. The van der Waals surface area contributed by atoms with Gasteiger partial charge in [-0.2, -0.15) is 0 Å². The van der Waals surface area contributed by atoms with Crippen LogP contribution in [0.1, 0.15) is 5.76 Å². The van der Waals surface area contributed by atoms with Crippen LogP contribution in [0.3, 0.4) is 0 Å². The summed E-state index contributed by atoms with van der Waals surface area (Å²) in [7, 11) is -3.58. The van der Waals surface area contributed by atoms with Gasteiger partial charge >= 0.3 is 0 Å². The summed E-state index contributed by atoms with van der Waals surface area (Å²) >= 11 is 11.3. The minimum Gasteiger partial charge on any atom is -0.448 e. The molecule has 1 aromatic carbocycles. The van der Waals surface area contributed by atoms with Crippen molar-refractivity contribution in [3.8, 4) is 0 Å². The molecule has 2 aromatic rings. The predicted molar refractivity (Wildman–Crippen MR) is 69.2 cm³/mol. The van der Waals surface area contributed by atoms with E-state index in [0.717, 1.165) is 0 Å². The van der Waals surface area contributed by atoms with Gasteiger partial charge in [0.15, 0.2) is 5.22 Å². The maximum absolute atomic E-state index is 11.9. The smallest absolute Gasteiger partial charge is 0.240 e. The fourth-order valence-electron chi connectivity index (χ4n) is 1.31. The number of sulfonamides is 1. The molecule has 0 spiro atoms. The Hall–Kier alpha value is -1.01. The van der Waals surface area contributed by atoms with Gasteiger partial charge in [0.2, 0.25) is 10.0 Å². The van der Waals surface area contributed by atoms with E-state index in [4.69, 9.17) is 27.6 Å². The van der Waals surface area contributed by atoms with Gasteiger partial charge in [0, 0.05) is 5.02 Å². The van der Waals surface area contributed by atoms with Crippen LogP contribution >= 0.6 is 23.2 Å². The van der Waals surface area contributed by atoms with Crippen LogP contribution in [0, 0.1) is 0 Å². The van der Waals surface area contributed by atoms with E-state index in [1.807, 2.05) is 0 Å². The summed E-state index contributed by atoms with van der Waals surface area (Å²) < 4.78 is 31.2. The van der Waals surface area contributed by atoms with E-state index in [9.17, 15) is 8.42 Å². The van der Waals surface area contributed by atoms with Crippen LogP contribution < -0.4 is 4.72 Å². The molecule has 7 heteroatoms. The highest BCUT2D eigenvalue weighted by Gasteiger charge is 2.14. The summed E-state index contributed by atoms with van der Waals surface area (Å²) in [6.07, 6.45) is 0. The lowest BCUT2D eigenvalue weighted by molar-refractivity contribution is 0.500. The van der Waals surface area contributed by atoms with Crippen LogP contribution in [0.15, 0.2) is 45.7 Å². The monoisotopic (exact) mass is 305 g/mol. The Kier molecular flexibility index (Phi) is 3.97. The van der Waals surface area contributed by atoms with Gasteiger partial charge in [-0.25, -0.2) is 13.1 Å². The first-order valence-corrected chi connectivity index (χ1v) is 7.21. The van der Waals surface area contributed by atoms with Gasteiger partial charge in [0.05, 0.1) is 11.4 Å². The molecule has 1 aromatic heterocycles. The molecule has 0 aliphatic carbocycles. The van der Waals surface area contributed by atoms with Gasteiger partial charge in [0.25, 0.3) is 0 Å². The lowest BCUT2D eigenvalue weighted by atomic mass is 10.4. The predicted octanol–water partition coefficient (Wildman–Crippen LogP) is 3.06. The Morgan fingerprint density at radius 2 is 1.72 bits per heavy atom. The average Bonchev–Trinajstić information content (AvgIpc) is 2.73. The summed E-state index contributed by atoms with van der Waals surface area (Å²) in [4.78, 5) is 0.143.